The van der Waals surface area contributed by atoms with Gasteiger partial charge in [-0.05, 0) is 36.8 Å². The van der Waals surface area contributed by atoms with Gasteiger partial charge in [0.1, 0.15) is 4.99 Å². The van der Waals surface area contributed by atoms with Gasteiger partial charge in [-0.15, -0.1) is 0 Å². The summed E-state index contributed by atoms with van der Waals surface area (Å²) in [5.74, 6) is 0. The van der Waals surface area contributed by atoms with Gasteiger partial charge < -0.3 is 5.73 Å². The van der Waals surface area contributed by atoms with Crippen LogP contribution in [-0.4, -0.2) is 18.4 Å². The minimum absolute atomic E-state index is 0.139. The summed E-state index contributed by atoms with van der Waals surface area (Å²) in [7, 11) is -3.61. The number of hydrogen-bond acceptors (Lipinski definition) is 4. The molecule has 2 rings (SSSR count). The molecule has 21 heavy (non-hydrogen) atoms. The molecular weight excluding hydrogens is 306 g/mol. The Morgan fingerprint density at radius 3 is 2.67 bits per heavy atom. The second-order valence-corrected chi connectivity index (χ2v) is 6.67. The molecule has 0 radical (unpaired) electrons. The van der Waals surface area contributed by atoms with E-state index in [1.165, 1.54) is 6.07 Å². The number of aryl methyl sites for hydroxylation is 1. The van der Waals surface area contributed by atoms with Gasteiger partial charge in [-0.25, -0.2) is 13.1 Å². The van der Waals surface area contributed by atoms with Crippen LogP contribution in [0, 0.1) is 6.92 Å². The van der Waals surface area contributed by atoms with Gasteiger partial charge in [0.2, 0.25) is 10.0 Å². The van der Waals surface area contributed by atoms with E-state index in [0.717, 1.165) is 0 Å². The topological polar surface area (TPSA) is 85.1 Å². The maximum absolute atomic E-state index is 12.3. The molecule has 0 unspecified atom stereocenters. The lowest BCUT2D eigenvalue weighted by Crippen LogP contribution is -2.24. The third-order valence-corrected chi connectivity index (χ3v) is 4.72. The number of pyridine rings is 1. The summed E-state index contributed by atoms with van der Waals surface area (Å²) >= 11 is 4.88. The van der Waals surface area contributed by atoms with Crippen LogP contribution in [0.4, 0.5) is 0 Å². The lowest BCUT2D eigenvalue weighted by molar-refractivity contribution is 0.580. The fourth-order valence-corrected chi connectivity index (χ4v) is 3.20. The Labute approximate surface area is 129 Å². The SMILES string of the molecule is Cc1cc(C(N)=S)ccc1S(=O)(=O)NCc1ccccn1. The van der Waals surface area contributed by atoms with E-state index in [2.05, 4.69) is 9.71 Å². The molecule has 1 aromatic carbocycles. The third-order valence-electron chi connectivity index (χ3n) is 2.92. The highest BCUT2D eigenvalue weighted by atomic mass is 32.2. The first-order chi connectivity index (χ1) is 9.90. The van der Waals surface area contributed by atoms with Crippen molar-refractivity contribution >= 4 is 27.2 Å². The molecule has 0 saturated carbocycles. The fourth-order valence-electron chi connectivity index (χ4n) is 1.85. The zero-order valence-corrected chi connectivity index (χ0v) is 13.0. The number of rotatable bonds is 5. The van der Waals surface area contributed by atoms with Crippen LogP contribution in [0.25, 0.3) is 0 Å². The average Bonchev–Trinajstić information content (AvgIpc) is 2.46. The number of sulfonamides is 1. The number of aromatic nitrogens is 1. The van der Waals surface area contributed by atoms with E-state index < -0.39 is 10.0 Å². The molecule has 0 aliphatic rings. The molecule has 5 nitrogen and oxygen atoms in total. The van der Waals surface area contributed by atoms with Crippen molar-refractivity contribution in [1.29, 1.82) is 0 Å². The molecule has 0 saturated heterocycles. The molecule has 110 valence electrons. The van der Waals surface area contributed by atoms with Crippen molar-refractivity contribution in [1.82, 2.24) is 9.71 Å². The van der Waals surface area contributed by atoms with Crippen molar-refractivity contribution in [3.8, 4) is 0 Å². The van der Waals surface area contributed by atoms with Crippen molar-refractivity contribution in [2.24, 2.45) is 5.73 Å². The largest absolute Gasteiger partial charge is 0.389 e. The van der Waals surface area contributed by atoms with Gasteiger partial charge >= 0.3 is 0 Å². The Balaban J connectivity index is 2.22. The van der Waals surface area contributed by atoms with Crippen molar-refractivity contribution in [2.75, 3.05) is 0 Å². The Morgan fingerprint density at radius 1 is 1.33 bits per heavy atom. The number of thiocarbonyl (C=S) groups is 1. The average molecular weight is 321 g/mol. The highest BCUT2D eigenvalue weighted by molar-refractivity contribution is 7.89. The smallest absolute Gasteiger partial charge is 0.241 e. The van der Waals surface area contributed by atoms with Crippen LogP contribution in [0.5, 0.6) is 0 Å². The van der Waals surface area contributed by atoms with Crippen LogP contribution < -0.4 is 10.5 Å². The fraction of sp³-hybridized carbons (Fsp3) is 0.143. The van der Waals surface area contributed by atoms with Gasteiger partial charge in [0, 0.05) is 11.8 Å². The molecular formula is C14H15N3O2S2. The molecule has 2 aromatic rings. The van der Waals surface area contributed by atoms with Crippen molar-refractivity contribution < 1.29 is 8.42 Å². The molecule has 0 atom stereocenters. The molecule has 1 heterocycles. The van der Waals surface area contributed by atoms with Gasteiger partial charge in [0.15, 0.2) is 0 Å². The third kappa shape index (κ3) is 3.84. The van der Waals surface area contributed by atoms with Crippen LogP contribution in [0.3, 0.4) is 0 Å². The normalized spacial score (nSPS) is 11.3. The van der Waals surface area contributed by atoms with Gasteiger partial charge in [-0.3, -0.25) is 4.98 Å². The van der Waals surface area contributed by atoms with Crippen LogP contribution in [0.1, 0.15) is 16.8 Å². The van der Waals surface area contributed by atoms with Gasteiger partial charge in [0.25, 0.3) is 0 Å². The van der Waals surface area contributed by atoms with E-state index in [1.807, 2.05) is 0 Å². The molecule has 0 bridgehead atoms. The number of nitrogens with zero attached hydrogens (tertiary/aromatic N) is 1. The van der Waals surface area contributed by atoms with E-state index in [4.69, 9.17) is 18.0 Å². The van der Waals surface area contributed by atoms with E-state index >= 15 is 0 Å². The zero-order chi connectivity index (χ0) is 15.5. The van der Waals surface area contributed by atoms with Crippen molar-refractivity contribution in [3.05, 3.63) is 59.4 Å². The predicted octanol–water partition coefficient (Wildman–Crippen LogP) is 1.50. The second kappa shape index (κ2) is 6.30. The summed E-state index contributed by atoms with van der Waals surface area (Å²) in [5, 5.41) is 0. The quantitative estimate of drug-likeness (QED) is 0.815. The predicted molar refractivity (Wildman–Crippen MR) is 85.3 cm³/mol. The first kappa shape index (κ1) is 15.6. The van der Waals surface area contributed by atoms with Gasteiger partial charge in [-0.1, -0.05) is 24.4 Å². The molecule has 0 amide bonds. The summed E-state index contributed by atoms with van der Waals surface area (Å²) in [6.07, 6.45) is 1.62. The van der Waals surface area contributed by atoms with E-state index in [-0.39, 0.29) is 16.4 Å². The van der Waals surface area contributed by atoms with Crippen molar-refractivity contribution in [3.63, 3.8) is 0 Å². The van der Waals surface area contributed by atoms with Gasteiger partial charge in [-0.2, -0.15) is 0 Å². The number of benzene rings is 1. The molecule has 0 aliphatic heterocycles. The standard InChI is InChI=1S/C14H15N3O2S2/c1-10-8-11(14(15)20)5-6-13(10)21(18,19)17-9-12-4-2-3-7-16-12/h2-8,17H,9H2,1H3,(H2,15,20). The molecule has 7 heteroatoms. The number of hydrogen-bond donors (Lipinski definition) is 2. The van der Waals surface area contributed by atoms with Crippen LogP contribution >= 0.6 is 12.2 Å². The van der Waals surface area contributed by atoms with Crippen LogP contribution in [0.15, 0.2) is 47.5 Å². The van der Waals surface area contributed by atoms with Crippen molar-refractivity contribution in [2.45, 2.75) is 18.4 Å². The van der Waals surface area contributed by atoms with E-state index in [1.54, 1.807) is 43.5 Å². The minimum atomic E-state index is -3.61. The molecule has 0 fully saturated rings. The molecule has 1 aromatic heterocycles. The number of nitrogens with one attached hydrogen (secondary N) is 1. The highest BCUT2D eigenvalue weighted by Crippen LogP contribution is 2.17. The number of nitrogens with two attached hydrogens (primary N) is 1. The Morgan fingerprint density at radius 2 is 2.10 bits per heavy atom. The Kier molecular flexibility index (Phi) is 4.66. The first-order valence-corrected chi connectivity index (χ1v) is 8.09. The van der Waals surface area contributed by atoms with E-state index in [9.17, 15) is 8.42 Å². The molecule has 3 N–H and O–H groups in total. The summed E-state index contributed by atoms with van der Waals surface area (Å²) in [6, 6.07) is 10.1. The summed E-state index contributed by atoms with van der Waals surface area (Å²) in [5.41, 5.74) is 7.42. The minimum Gasteiger partial charge on any atom is -0.389 e. The van der Waals surface area contributed by atoms with Gasteiger partial charge in [0.05, 0.1) is 17.1 Å². The Bertz CT molecular complexity index is 759. The van der Waals surface area contributed by atoms with E-state index in [0.29, 0.717) is 16.8 Å². The zero-order valence-electron chi connectivity index (χ0n) is 11.4. The molecule has 0 spiro atoms. The lowest BCUT2D eigenvalue weighted by atomic mass is 10.1. The lowest BCUT2D eigenvalue weighted by Gasteiger charge is -2.10. The highest BCUT2D eigenvalue weighted by Gasteiger charge is 2.17. The van der Waals surface area contributed by atoms with Crippen LogP contribution in [0.2, 0.25) is 0 Å². The summed E-state index contributed by atoms with van der Waals surface area (Å²) in [6.45, 7) is 1.84. The second-order valence-electron chi connectivity index (χ2n) is 4.49. The summed E-state index contributed by atoms with van der Waals surface area (Å²) in [4.78, 5) is 4.52. The Hall–Kier alpha value is -1.83. The first-order valence-electron chi connectivity index (χ1n) is 6.20. The summed E-state index contributed by atoms with van der Waals surface area (Å²) < 4.78 is 27.1. The molecule has 0 aliphatic carbocycles. The maximum atomic E-state index is 12.3. The maximum Gasteiger partial charge on any atom is 0.241 e. The monoisotopic (exact) mass is 321 g/mol. The van der Waals surface area contributed by atoms with Crippen LogP contribution in [-0.2, 0) is 16.6 Å².